The normalized spacial score (nSPS) is 16.1. The Morgan fingerprint density at radius 1 is 1.18 bits per heavy atom. The van der Waals surface area contributed by atoms with Gasteiger partial charge in [-0.05, 0) is 67.6 Å². The maximum absolute atomic E-state index is 14.9. The first-order valence-corrected chi connectivity index (χ1v) is 13.7. The van der Waals surface area contributed by atoms with Crippen LogP contribution in [-0.2, 0) is 25.9 Å². The van der Waals surface area contributed by atoms with E-state index in [4.69, 9.17) is 0 Å². The first-order chi connectivity index (χ1) is 18.6. The second-order valence-corrected chi connectivity index (χ2v) is 12.4. The molecule has 1 amide bonds. The molecule has 202 valence electrons. The van der Waals surface area contributed by atoms with Gasteiger partial charge in [0.2, 0.25) is 0 Å². The van der Waals surface area contributed by atoms with E-state index in [9.17, 15) is 14.0 Å². The number of aromatic amines is 1. The van der Waals surface area contributed by atoms with Gasteiger partial charge in [0, 0.05) is 29.6 Å². The molecule has 3 aromatic heterocycles. The van der Waals surface area contributed by atoms with Gasteiger partial charge in [-0.1, -0.05) is 13.8 Å². The van der Waals surface area contributed by atoms with Gasteiger partial charge in [0.1, 0.15) is 11.5 Å². The standard InChI is InChI=1S/C28H30FN7O2S/c1-15-18(5-6-19(29)25(15)31-27(38)22-9-16-12-28(2,3)13-23(16)39-22)20-11-21(26(37)33-32-20)30-24-10-17-14-35(4)7-8-36(17)34-24/h5-6,9-11H,7-8,12-14H2,1-4H3,(H,31,38)(H,33,37)(H,30,32,34). The van der Waals surface area contributed by atoms with Crippen LogP contribution in [0.4, 0.5) is 21.6 Å². The van der Waals surface area contributed by atoms with Gasteiger partial charge in [-0.3, -0.25) is 19.2 Å². The molecule has 1 aliphatic carbocycles. The number of hydrogen-bond donors (Lipinski definition) is 3. The molecule has 4 heterocycles. The van der Waals surface area contributed by atoms with Gasteiger partial charge in [-0.15, -0.1) is 11.3 Å². The van der Waals surface area contributed by atoms with E-state index in [-0.39, 0.29) is 22.7 Å². The van der Waals surface area contributed by atoms with Crippen molar-refractivity contribution in [3.63, 3.8) is 0 Å². The molecule has 1 aliphatic heterocycles. The highest BCUT2D eigenvalue weighted by molar-refractivity contribution is 7.14. The molecule has 39 heavy (non-hydrogen) atoms. The second-order valence-electron chi connectivity index (χ2n) is 11.2. The highest BCUT2D eigenvalue weighted by Crippen LogP contribution is 2.41. The van der Waals surface area contributed by atoms with Crippen LogP contribution in [0.1, 0.15) is 45.2 Å². The van der Waals surface area contributed by atoms with E-state index >= 15 is 0 Å². The predicted octanol–water partition coefficient (Wildman–Crippen LogP) is 4.71. The summed E-state index contributed by atoms with van der Waals surface area (Å²) in [5.41, 5.74) is 3.98. The fraction of sp³-hybridized carbons (Fsp3) is 0.357. The molecule has 9 nitrogen and oxygen atoms in total. The van der Waals surface area contributed by atoms with Crippen molar-refractivity contribution in [3.8, 4) is 11.3 Å². The molecule has 2 aliphatic rings. The van der Waals surface area contributed by atoms with Gasteiger partial charge in [0.15, 0.2) is 5.82 Å². The molecule has 0 saturated heterocycles. The van der Waals surface area contributed by atoms with Crippen molar-refractivity contribution in [1.82, 2.24) is 24.9 Å². The molecule has 11 heteroatoms. The second kappa shape index (κ2) is 9.42. The summed E-state index contributed by atoms with van der Waals surface area (Å²) in [5, 5.41) is 17.2. The maximum atomic E-state index is 14.9. The van der Waals surface area contributed by atoms with E-state index in [0.717, 1.165) is 38.2 Å². The molecule has 6 rings (SSSR count). The summed E-state index contributed by atoms with van der Waals surface area (Å²) >= 11 is 1.47. The first kappa shape index (κ1) is 25.4. The van der Waals surface area contributed by atoms with E-state index in [1.54, 1.807) is 19.1 Å². The molecule has 0 bridgehead atoms. The highest BCUT2D eigenvalue weighted by atomic mass is 32.1. The Morgan fingerprint density at radius 3 is 2.79 bits per heavy atom. The van der Waals surface area contributed by atoms with Crippen LogP contribution in [0, 0.1) is 18.2 Å². The Balaban J connectivity index is 1.26. The van der Waals surface area contributed by atoms with Crippen molar-refractivity contribution in [1.29, 1.82) is 0 Å². The average molecular weight is 548 g/mol. The van der Waals surface area contributed by atoms with Crippen molar-refractivity contribution < 1.29 is 9.18 Å². The number of hydrogen-bond acceptors (Lipinski definition) is 7. The Hall–Kier alpha value is -3.83. The molecule has 0 radical (unpaired) electrons. The van der Waals surface area contributed by atoms with Gasteiger partial charge in [-0.25, -0.2) is 9.49 Å². The molecule has 3 N–H and O–H groups in total. The minimum atomic E-state index is -0.536. The number of likely N-dealkylation sites (N-methyl/N-ethyl adjacent to an activating group) is 1. The van der Waals surface area contributed by atoms with E-state index in [1.807, 2.05) is 16.8 Å². The Morgan fingerprint density at radius 2 is 2.00 bits per heavy atom. The predicted molar refractivity (Wildman–Crippen MR) is 150 cm³/mol. The number of thiophene rings is 1. The zero-order valence-electron chi connectivity index (χ0n) is 22.3. The maximum Gasteiger partial charge on any atom is 0.287 e. The molecular formula is C28H30FN7O2S. The Labute approximate surface area is 229 Å². The molecule has 0 atom stereocenters. The monoisotopic (exact) mass is 547 g/mol. The lowest BCUT2D eigenvalue weighted by Gasteiger charge is -2.22. The van der Waals surface area contributed by atoms with Gasteiger partial charge < -0.3 is 10.6 Å². The average Bonchev–Trinajstić information content (AvgIpc) is 3.53. The van der Waals surface area contributed by atoms with E-state index in [1.165, 1.54) is 27.8 Å². The third-order valence-electron chi connectivity index (χ3n) is 7.41. The number of carbonyl (C=O) groups is 1. The number of carbonyl (C=O) groups excluding carboxylic acids is 1. The van der Waals surface area contributed by atoms with Crippen molar-refractivity contribution in [2.75, 3.05) is 24.2 Å². The lowest BCUT2D eigenvalue weighted by Crippen LogP contribution is -2.30. The SMILES string of the molecule is Cc1c(-c2cc(Nc3cc4n(n3)CCN(C)C4)c(=O)[nH]n2)ccc(F)c1NC(=O)c1cc2c(s1)CC(C)(C)C2. The minimum Gasteiger partial charge on any atom is -0.334 e. The third kappa shape index (κ3) is 4.87. The van der Waals surface area contributed by atoms with E-state index < -0.39 is 11.4 Å². The summed E-state index contributed by atoms with van der Waals surface area (Å²) in [5.74, 6) is -0.304. The smallest absolute Gasteiger partial charge is 0.287 e. The molecule has 0 spiro atoms. The number of aromatic nitrogens is 4. The number of rotatable bonds is 5. The summed E-state index contributed by atoms with van der Waals surface area (Å²) in [6, 6.07) is 8.36. The van der Waals surface area contributed by atoms with Crippen LogP contribution in [0.15, 0.2) is 35.1 Å². The summed E-state index contributed by atoms with van der Waals surface area (Å²) in [6.45, 7) is 8.63. The van der Waals surface area contributed by atoms with E-state index in [0.29, 0.717) is 27.5 Å². The first-order valence-electron chi connectivity index (χ1n) is 12.9. The van der Waals surface area contributed by atoms with Crippen LogP contribution < -0.4 is 16.2 Å². The fourth-order valence-corrected chi connectivity index (χ4v) is 6.74. The molecule has 0 saturated carbocycles. The summed E-state index contributed by atoms with van der Waals surface area (Å²) in [6.07, 6.45) is 1.87. The number of fused-ring (bicyclic) bond motifs is 2. The van der Waals surface area contributed by atoms with Crippen LogP contribution >= 0.6 is 11.3 Å². The van der Waals surface area contributed by atoms with Crippen molar-refractivity contribution in [2.24, 2.45) is 5.41 Å². The summed E-state index contributed by atoms with van der Waals surface area (Å²) < 4.78 is 16.9. The van der Waals surface area contributed by atoms with Gasteiger partial charge in [0.25, 0.3) is 11.5 Å². The topological polar surface area (TPSA) is 108 Å². The Bertz CT molecular complexity index is 1640. The fourth-order valence-electron chi connectivity index (χ4n) is 5.41. The number of halogens is 1. The highest BCUT2D eigenvalue weighted by Gasteiger charge is 2.31. The third-order valence-corrected chi connectivity index (χ3v) is 8.59. The number of amides is 1. The number of nitrogens with zero attached hydrogens (tertiary/aromatic N) is 4. The molecule has 0 unspecified atom stereocenters. The molecule has 1 aromatic carbocycles. The summed E-state index contributed by atoms with van der Waals surface area (Å²) in [4.78, 5) is 29.7. The zero-order valence-corrected chi connectivity index (χ0v) is 23.1. The van der Waals surface area contributed by atoms with Crippen molar-refractivity contribution in [3.05, 3.63) is 73.1 Å². The number of benzene rings is 1. The van der Waals surface area contributed by atoms with Crippen LogP contribution in [0.3, 0.4) is 0 Å². The van der Waals surface area contributed by atoms with Crippen molar-refractivity contribution >= 4 is 34.4 Å². The van der Waals surface area contributed by atoms with Gasteiger partial charge >= 0.3 is 0 Å². The zero-order chi connectivity index (χ0) is 27.5. The van der Waals surface area contributed by atoms with Crippen LogP contribution in [0.5, 0.6) is 0 Å². The molecule has 0 fully saturated rings. The molecule has 4 aromatic rings. The lowest BCUT2D eigenvalue weighted by molar-refractivity contribution is 0.102. The number of nitrogens with one attached hydrogen (secondary N) is 3. The lowest BCUT2D eigenvalue weighted by atomic mass is 9.91. The molecular weight excluding hydrogens is 517 g/mol. The van der Waals surface area contributed by atoms with Crippen molar-refractivity contribution in [2.45, 2.75) is 46.7 Å². The largest absolute Gasteiger partial charge is 0.334 e. The van der Waals surface area contributed by atoms with Crippen LogP contribution in [0.25, 0.3) is 11.3 Å². The van der Waals surface area contributed by atoms with Gasteiger partial charge in [0.05, 0.1) is 28.5 Å². The van der Waals surface area contributed by atoms with Gasteiger partial charge in [-0.2, -0.15) is 10.2 Å². The van der Waals surface area contributed by atoms with Crippen LogP contribution in [-0.4, -0.2) is 44.4 Å². The number of anilines is 3. The number of H-pyrrole nitrogens is 1. The minimum absolute atomic E-state index is 0.0970. The quantitative estimate of drug-likeness (QED) is 0.334. The van der Waals surface area contributed by atoms with Crippen LogP contribution in [0.2, 0.25) is 0 Å². The Kier molecular flexibility index (Phi) is 6.15. The van der Waals surface area contributed by atoms with E-state index in [2.05, 4.69) is 51.7 Å². The summed E-state index contributed by atoms with van der Waals surface area (Å²) in [7, 11) is 2.05.